The highest BCUT2D eigenvalue weighted by atomic mass is 32.2. The van der Waals surface area contributed by atoms with E-state index in [-0.39, 0.29) is 5.78 Å². The minimum atomic E-state index is -0.478. The van der Waals surface area contributed by atoms with E-state index in [0.717, 1.165) is 6.08 Å². The first kappa shape index (κ1) is 9.43. The van der Waals surface area contributed by atoms with Crippen molar-refractivity contribution in [2.75, 3.05) is 12.0 Å². The van der Waals surface area contributed by atoms with Gasteiger partial charge < -0.3 is 0 Å². The van der Waals surface area contributed by atoms with Crippen LogP contribution in [0.5, 0.6) is 0 Å². The Balaban J connectivity index is 3.62. The average Bonchev–Trinajstić information content (AvgIpc) is 1.98. The van der Waals surface area contributed by atoms with Crippen molar-refractivity contribution in [1.82, 2.24) is 0 Å². The Hall–Kier alpha value is -0.570. The van der Waals surface area contributed by atoms with Crippen LogP contribution in [0.3, 0.4) is 0 Å². The summed E-state index contributed by atoms with van der Waals surface area (Å²) in [4.78, 5) is 21.2. The first-order chi connectivity index (χ1) is 4.72. The predicted octanol–water partition coefficient (Wildman–Crippen LogP) is 1.06. The second-order valence-corrected chi connectivity index (χ2v) is 2.72. The molecule has 0 radical (unpaired) electrons. The fraction of sp³-hybridized carbons (Fsp3) is 0.429. The van der Waals surface area contributed by atoms with Crippen molar-refractivity contribution >= 4 is 23.3 Å². The zero-order valence-corrected chi connectivity index (χ0v) is 6.74. The van der Waals surface area contributed by atoms with Crippen LogP contribution in [0, 0.1) is 0 Å². The number of Topliss-reactive ketones (excluding diaryl/α,β-unsaturated/α-hetero) is 1. The van der Waals surface area contributed by atoms with Gasteiger partial charge in [-0.1, -0.05) is 6.58 Å². The van der Waals surface area contributed by atoms with Crippen LogP contribution in [0.15, 0.2) is 12.7 Å². The van der Waals surface area contributed by atoms with E-state index in [9.17, 15) is 9.59 Å². The highest BCUT2D eigenvalue weighted by molar-refractivity contribution is 7.98. The topological polar surface area (TPSA) is 34.1 Å². The number of hydrogen-bond acceptors (Lipinski definition) is 3. The molecule has 3 heteroatoms. The van der Waals surface area contributed by atoms with E-state index >= 15 is 0 Å². The maximum Gasteiger partial charge on any atom is 0.220 e. The molecule has 0 fully saturated rings. The molecule has 0 amide bonds. The zero-order valence-electron chi connectivity index (χ0n) is 5.92. The molecule has 0 atom stereocenters. The van der Waals surface area contributed by atoms with Crippen LogP contribution in [-0.4, -0.2) is 23.6 Å². The monoisotopic (exact) mass is 158 g/mol. The van der Waals surface area contributed by atoms with E-state index in [4.69, 9.17) is 0 Å². The Kier molecular flexibility index (Phi) is 4.94. The largest absolute Gasteiger partial charge is 0.290 e. The Morgan fingerprint density at radius 3 is 2.60 bits per heavy atom. The van der Waals surface area contributed by atoms with Gasteiger partial charge >= 0.3 is 0 Å². The molecule has 0 aromatic rings. The third kappa shape index (κ3) is 3.45. The Labute approximate surface area is 64.7 Å². The van der Waals surface area contributed by atoms with Crippen molar-refractivity contribution in [3.63, 3.8) is 0 Å². The van der Waals surface area contributed by atoms with Crippen molar-refractivity contribution in [1.29, 1.82) is 0 Å². The fourth-order valence-electron chi connectivity index (χ4n) is 0.432. The summed E-state index contributed by atoms with van der Waals surface area (Å²) in [6, 6.07) is 0. The van der Waals surface area contributed by atoms with Gasteiger partial charge in [-0.3, -0.25) is 9.59 Å². The summed E-state index contributed by atoms with van der Waals surface area (Å²) in [5, 5.41) is 0. The standard InChI is InChI=1S/C7H10O2S/c1-3-6(8)7(9)4-5-10-2/h3H,1,4-5H2,2H3. The average molecular weight is 158 g/mol. The van der Waals surface area contributed by atoms with Crippen molar-refractivity contribution in [3.8, 4) is 0 Å². The number of carbonyl (C=O) groups excluding carboxylic acids is 2. The summed E-state index contributed by atoms with van der Waals surface area (Å²) in [6.07, 6.45) is 3.28. The van der Waals surface area contributed by atoms with E-state index in [1.165, 1.54) is 0 Å². The third-order valence-corrected chi connectivity index (χ3v) is 1.61. The lowest BCUT2D eigenvalue weighted by Crippen LogP contribution is -2.10. The molecule has 0 bridgehead atoms. The molecular formula is C7H10O2S. The highest BCUT2D eigenvalue weighted by Crippen LogP contribution is 1.96. The van der Waals surface area contributed by atoms with Crippen molar-refractivity contribution in [2.24, 2.45) is 0 Å². The summed E-state index contributed by atoms with van der Waals surface area (Å²) in [7, 11) is 0. The van der Waals surface area contributed by atoms with Crippen LogP contribution in [0.4, 0.5) is 0 Å². The number of rotatable bonds is 5. The lowest BCUT2D eigenvalue weighted by atomic mass is 10.2. The molecular weight excluding hydrogens is 148 g/mol. The summed E-state index contributed by atoms with van der Waals surface area (Å²) < 4.78 is 0. The maximum absolute atomic E-state index is 10.7. The molecule has 0 rings (SSSR count). The van der Waals surface area contributed by atoms with Gasteiger partial charge in [-0.15, -0.1) is 0 Å². The quantitative estimate of drug-likeness (QED) is 0.443. The zero-order chi connectivity index (χ0) is 7.98. The van der Waals surface area contributed by atoms with Crippen molar-refractivity contribution < 1.29 is 9.59 Å². The van der Waals surface area contributed by atoms with Crippen LogP contribution < -0.4 is 0 Å². The summed E-state index contributed by atoms with van der Waals surface area (Å²) in [6.45, 7) is 3.21. The van der Waals surface area contributed by atoms with Crippen molar-refractivity contribution in [3.05, 3.63) is 12.7 Å². The Morgan fingerprint density at radius 2 is 2.20 bits per heavy atom. The second kappa shape index (κ2) is 5.23. The van der Waals surface area contributed by atoms with Gasteiger partial charge in [-0.25, -0.2) is 0 Å². The van der Waals surface area contributed by atoms with E-state index in [1.54, 1.807) is 11.8 Å². The van der Waals surface area contributed by atoms with E-state index < -0.39 is 5.78 Å². The third-order valence-electron chi connectivity index (χ3n) is 0.993. The number of hydrogen-bond donors (Lipinski definition) is 0. The minimum Gasteiger partial charge on any atom is -0.290 e. The van der Waals surface area contributed by atoms with E-state index in [1.807, 2.05) is 6.26 Å². The van der Waals surface area contributed by atoms with Gasteiger partial charge in [-0.2, -0.15) is 11.8 Å². The normalized spacial score (nSPS) is 8.90. The maximum atomic E-state index is 10.7. The predicted molar refractivity (Wildman–Crippen MR) is 43.2 cm³/mol. The molecule has 0 unspecified atom stereocenters. The van der Waals surface area contributed by atoms with Gasteiger partial charge in [0, 0.05) is 12.2 Å². The summed E-state index contributed by atoms with van der Waals surface area (Å²) in [5.74, 6) is -0.114. The molecule has 0 aromatic heterocycles. The van der Waals surface area contributed by atoms with Gasteiger partial charge in [0.05, 0.1) is 0 Å². The molecule has 0 saturated carbocycles. The first-order valence-corrected chi connectivity index (χ1v) is 4.30. The Morgan fingerprint density at radius 1 is 1.60 bits per heavy atom. The number of thioether (sulfide) groups is 1. The second-order valence-electron chi connectivity index (χ2n) is 1.73. The number of allylic oxidation sites excluding steroid dienone is 1. The van der Waals surface area contributed by atoms with Gasteiger partial charge in [0.2, 0.25) is 11.6 Å². The number of ketones is 2. The molecule has 0 aliphatic carbocycles. The van der Waals surface area contributed by atoms with E-state index in [0.29, 0.717) is 12.2 Å². The van der Waals surface area contributed by atoms with Gasteiger partial charge in [0.1, 0.15) is 0 Å². The molecule has 0 aliphatic rings. The molecule has 0 aromatic carbocycles. The fourth-order valence-corrected chi connectivity index (χ4v) is 0.821. The molecule has 10 heavy (non-hydrogen) atoms. The molecule has 0 aliphatic heterocycles. The van der Waals surface area contributed by atoms with Gasteiger partial charge in [0.25, 0.3) is 0 Å². The highest BCUT2D eigenvalue weighted by Gasteiger charge is 2.07. The van der Waals surface area contributed by atoms with Crippen LogP contribution in [0.2, 0.25) is 0 Å². The lowest BCUT2D eigenvalue weighted by Gasteiger charge is -1.91. The molecule has 56 valence electrons. The van der Waals surface area contributed by atoms with E-state index in [2.05, 4.69) is 6.58 Å². The summed E-state index contributed by atoms with van der Waals surface area (Å²) in [5.41, 5.74) is 0. The molecule has 0 N–H and O–H groups in total. The number of carbonyl (C=O) groups is 2. The minimum absolute atomic E-state index is 0.325. The molecule has 0 heterocycles. The van der Waals surface area contributed by atoms with Crippen LogP contribution in [0.25, 0.3) is 0 Å². The van der Waals surface area contributed by atoms with Gasteiger partial charge in [-0.05, 0) is 12.3 Å². The van der Waals surface area contributed by atoms with Gasteiger partial charge in [0.15, 0.2) is 0 Å². The first-order valence-electron chi connectivity index (χ1n) is 2.91. The molecule has 0 spiro atoms. The van der Waals surface area contributed by atoms with Crippen LogP contribution in [-0.2, 0) is 9.59 Å². The SMILES string of the molecule is C=CC(=O)C(=O)CCSC. The molecule has 0 saturated heterocycles. The van der Waals surface area contributed by atoms with Crippen LogP contribution in [0.1, 0.15) is 6.42 Å². The molecule has 2 nitrogen and oxygen atoms in total. The smallest absolute Gasteiger partial charge is 0.220 e. The lowest BCUT2D eigenvalue weighted by molar-refractivity contribution is -0.133. The van der Waals surface area contributed by atoms with Crippen LogP contribution >= 0.6 is 11.8 Å². The summed E-state index contributed by atoms with van der Waals surface area (Å²) >= 11 is 1.55. The van der Waals surface area contributed by atoms with Crippen molar-refractivity contribution in [2.45, 2.75) is 6.42 Å². The Bertz CT molecular complexity index is 152.